The molecule has 1 amide bonds. The van der Waals surface area contributed by atoms with E-state index in [0.29, 0.717) is 12.0 Å². The van der Waals surface area contributed by atoms with E-state index in [2.05, 4.69) is 34.6 Å². The smallest absolute Gasteiger partial charge is 0.251 e. The maximum absolute atomic E-state index is 13.5. The van der Waals surface area contributed by atoms with Gasteiger partial charge in [-0.15, -0.1) is 10.2 Å². The number of carbonyl (C=O) groups is 1. The van der Waals surface area contributed by atoms with Gasteiger partial charge in [0.15, 0.2) is 0 Å². The summed E-state index contributed by atoms with van der Waals surface area (Å²) in [4.78, 5) is 13.2. The molecule has 2 aromatic carbocycles. The summed E-state index contributed by atoms with van der Waals surface area (Å²) in [5.41, 5.74) is 8.70. The summed E-state index contributed by atoms with van der Waals surface area (Å²) >= 11 is 0. The minimum atomic E-state index is -3.67. The highest BCUT2D eigenvalue weighted by atomic mass is 32.2. The monoisotopic (exact) mass is 595 g/mol. The number of anilines is 1. The third-order valence-electron chi connectivity index (χ3n) is 6.49. The predicted molar refractivity (Wildman–Crippen MR) is 164 cm³/mol. The molecule has 2 atom stereocenters. The second-order valence-corrected chi connectivity index (χ2v) is 12.8. The normalized spacial score (nSPS) is 14.6. The molecule has 0 fully saturated rings. The lowest BCUT2D eigenvalue weighted by Gasteiger charge is -2.23. The number of hydrogen-bond acceptors (Lipinski definition) is 7. The van der Waals surface area contributed by atoms with Gasteiger partial charge in [-0.05, 0) is 77.0 Å². The lowest BCUT2D eigenvalue weighted by Crippen LogP contribution is -2.35. The van der Waals surface area contributed by atoms with Crippen molar-refractivity contribution in [3.8, 4) is 11.5 Å². The van der Waals surface area contributed by atoms with Crippen LogP contribution in [0.4, 0.5) is 10.1 Å². The van der Waals surface area contributed by atoms with Gasteiger partial charge < -0.3 is 15.5 Å². The Balaban J connectivity index is 0.000000603. The standard InChI is InChI=1S/C24H30FN5O4S.C7H8/c1-14(2)35(32,33)30(5)21-12-18(11-19(13-21)24-29-28-23(34-24)15(3)26)22(31)27-16(4)17-7-6-8-20(25)10-9-17;1-7-5-3-2-4-6-7/h7-16H,6,26H2,1-5H3,(H,27,31);2-6H,1H3. The predicted octanol–water partition coefficient (Wildman–Crippen LogP) is 5.78. The zero-order chi connectivity index (χ0) is 31.0. The summed E-state index contributed by atoms with van der Waals surface area (Å²) in [5.74, 6) is -0.476. The summed E-state index contributed by atoms with van der Waals surface area (Å²) in [6, 6.07) is 13.9. The lowest BCUT2D eigenvalue weighted by molar-refractivity contribution is 0.0945. The van der Waals surface area contributed by atoms with Crippen molar-refractivity contribution in [1.82, 2.24) is 15.5 Å². The van der Waals surface area contributed by atoms with Crippen LogP contribution >= 0.6 is 0 Å². The Morgan fingerprint density at radius 2 is 1.74 bits per heavy atom. The van der Waals surface area contributed by atoms with E-state index in [1.165, 1.54) is 30.8 Å². The first-order chi connectivity index (χ1) is 19.8. The number of rotatable bonds is 8. The van der Waals surface area contributed by atoms with E-state index in [0.717, 1.165) is 9.88 Å². The van der Waals surface area contributed by atoms with Crippen molar-refractivity contribution in [3.63, 3.8) is 0 Å². The molecule has 4 rings (SSSR count). The molecule has 0 aliphatic heterocycles. The van der Waals surface area contributed by atoms with Crippen molar-refractivity contribution in [3.05, 3.63) is 101 Å². The number of aromatic nitrogens is 2. The van der Waals surface area contributed by atoms with Gasteiger partial charge in [0, 0.05) is 18.2 Å². The molecule has 1 aliphatic rings. The highest BCUT2D eigenvalue weighted by Gasteiger charge is 2.25. The average molecular weight is 596 g/mol. The molecule has 0 spiro atoms. The van der Waals surface area contributed by atoms with Gasteiger partial charge in [0.2, 0.25) is 21.8 Å². The van der Waals surface area contributed by atoms with Gasteiger partial charge in [0.25, 0.3) is 5.91 Å². The molecule has 1 aromatic heterocycles. The van der Waals surface area contributed by atoms with Crippen molar-refractivity contribution in [2.45, 2.75) is 58.4 Å². The molecule has 2 unspecified atom stereocenters. The Labute approximate surface area is 247 Å². The van der Waals surface area contributed by atoms with Crippen LogP contribution < -0.4 is 15.4 Å². The summed E-state index contributed by atoms with van der Waals surface area (Å²) in [7, 11) is -2.25. The molecule has 3 N–H and O–H groups in total. The number of nitrogens with two attached hydrogens (primary N) is 1. The zero-order valence-electron chi connectivity index (χ0n) is 24.7. The third kappa shape index (κ3) is 8.46. The van der Waals surface area contributed by atoms with Gasteiger partial charge in [-0.2, -0.15) is 0 Å². The van der Waals surface area contributed by atoms with Gasteiger partial charge in [0.05, 0.1) is 23.0 Å². The Morgan fingerprint density at radius 3 is 2.31 bits per heavy atom. The molecule has 42 heavy (non-hydrogen) atoms. The van der Waals surface area contributed by atoms with Crippen LogP contribution in [0.3, 0.4) is 0 Å². The molecular weight excluding hydrogens is 557 g/mol. The van der Waals surface area contributed by atoms with Crippen molar-refractivity contribution in [1.29, 1.82) is 0 Å². The maximum atomic E-state index is 13.5. The van der Waals surface area contributed by atoms with E-state index >= 15 is 0 Å². The highest BCUT2D eigenvalue weighted by molar-refractivity contribution is 7.93. The summed E-state index contributed by atoms with van der Waals surface area (Å²) in [5, 5.41) is 10.1. The first-order valence-electron chi connectivity index (χ1n) is 13.6. The number of nitrogens with one attached hydrogen (secondary N) is 1. The van der Waals surface area contributed by atoms with E-state index in [1.807, 2.05) is 24.3 Å². The van der Waals surface area contributed by atoms with Gasteiger partial charge in [-0.3, -0.25) is 9.10 Å². The number of benzene rings is 2. The van der Waals surface area contributed by atoms with E-state index in [9.17, 15) is 17.6 Å². The van der Waals surface area contributed by atoms with E-state index in [-0.39, 0.29) is 28.9 Å². The number of amides is 1. The average Bonchev–Trinajstić information content (AvgIpc) is 3.36. The van der Waals surface area contributed by atoms with Crippen LogP contribution in [-0.2, 0) is 10.0 Å². The summed E-state index contributed by atoms with van der Waals surface area (Å²) in [6.45, 7) is 8.70. The fourth-order valence-electron chi connectivity index (χ4n) is 3.88. The topological polar surface area (TPSA) is 131 Å². The fraction of sp³-hybridized carbons (Fsp3) is 0.323. The molecule has 224 valence electrons. The van der Waals surface area contributed by atoms with Gasteiger partial charge in [0.1, 0.15) is 5.83 Å². The fourth-order valence-corrected chi connectivity index (χ4v) is 4.92. The molecule has 0 saturated carbocycles. The van der Waals surface area contributed by atoms with Crippen LogP contribution in [0.1, 0.15) is 62.0 Å². The van der Waals surface area contributed by atoms with Gasteiger partial charge in [-0.1, -0.05) is 48.0 Å². The number of halogens is 1. The molecule has 3 aromatic rings. The summed E-state index contributed by atoms with van der Waals surface area (Å²) < 4.78 is 45.9. The number of sulfonamides is 1. The van der Waals surface area contributed by atoms with Gasteiger partial charge >= 0.3 is 0 Å². The molecule has 11 heteroatoms. The van der Waals surface area contributed by atoms with Crippen molar-refractivity contribution in [2.75, 3.05) is 11.4 Å². The Kier molecular flexibility index (Phi) is 11.0. The first kappa shape index (κ1) is 32.4. The second-order valence-electron chi connectivity index (χ2n) is 10.3. The molecule has 1 heterocycles. The Bertz CT molecular complexity index is 1580. The van der Waals surface area contributed by atoms with E-state index in [4.69, 9.17) is 10.2 Å². The Hall–Kier alpha value is -4.09. The number of nitrogens with zero attached hydrogens (tertiary/aromatic N) is 3. The second kappa shape index (κ2) is 14.2. The van der Waals surface area contributed by atoms with Crippen LogP contribution in [0, 0.1) is 6.92 Å². The Morgan fingerprint density at radius 1 is 1.05 bits per heavy atom. The first-order valence-corrected chi connectivity index (χ1v) is 15.1. The number of carbonyl (C=O) groups excluding carboxylic acids is 1. The van der Waals surface area contributed by atoms with Crippen LogP contribution in [0.5, 0.6) is 0 Å². The molecule has 1 aliphatic carbocycles. The SMILES string of the molecule is CC(NC(=O)c1cc(-c2nnc(C(C)N)o2)cc(N(C)S(=O)(=O)C(C)C)c1)C1=CCC=C(F)C=C1.Cc1ccccc1. The van der Waals surface area contributed by atoms with Gasteiger partial charge in [-0.25, -0.2) is 12.8 Å². The quantitative estimate of drug-likeness (QED) is 0.337. The van der Waals surface area contributed by atoms with Crippen molar-refractivity contribution in [2.24, 2.45) is 5.73 Å². The van der Waals surface area contributed by atoms with Crippen LogP contribution in [-0.4, -0.2) is 42.9 Å². The molecule has 9 nitrogen and oxygen atoms in total. The molecule has 0 bridgehead atoms. The van der Waals surface area contributed by atoms with Crippen LogP contribution in [0.25, 0.3) is 11.5 Å². The van der Waals surface area contributed by atoms with E-state index in [1.54, 1.807) is 45.9 Å². The minimum absolute atomic E-state index is 0.104. The maximum Gasteiger partial charge on any atom is 0.251 e. The van der Waals surface area contributed by atoms with Crippen LogP contribution in [0.2, 0.25) is 0 Å². The van der Waals surface area contributed by atoms with Crippen molar-refractivity contribution < 1.29 is 22.0 Å². The summed E-state index contributed by atoms with van der Waals surface area (Å²) in [6.07, 6.45) is 6.64. The highest BCUT2D eigenvalue weighted by Crippen LogP contribution is 2.29. The largest absolute Gasteiger partial charge is 0.419 e. The third-order valence-corrected chi connectivity index (χ3v) is 8.65. The minimum Gasteiger partial charge on any atom is -0.419 e. The van der Waals surface area contributed by atoms with E-state index < -0.39 is 33.3 Å². The molecule has 0 saturated heterocycles. The van der Waals surface area contributed by atoms with Crippen molar-refractivity contribution >= 4 is 21.6 Å². The van der Waals surface area contributed by atoms with Crippen LogP contribution in [0.15, 0.2) is 88.7 Å². The zero-order valence-corrected chi connectivity index (χ0v) is 25.5. The molecular formula is C31H38FN5O4S. The number of hydrogen-bond donors (Lipinski definition) is 2. The number of allylic oxidation sites excluding steroid dienone is 4. The molecule has 0 radical (unpaired) electrons. The number of aryl methyl sites for hydroxylation is 1. The lowest BCUT2D eigenvalue weighted by atomic mass is 10.1.